The van der Waals surface area contributed by atoms with Gasteiger partial charge in [-0.1, -0.05) is 12.7 Å². The van der Waals surface area contributed by atoms with Crippen molar-refractivity contribution in [1.29, 1.82) is 0 Å². The van der Waals surface area contributed by atoms with Crippen molar-refractivity contribution in [3.63, 3.8) is 0 Å². The molecule has 3 nitrogen and oxygen atoms in total. The third kappa shape index (κ3) is 4.19. The van der Waals surface area contributed by atoms with Crippen molar-refractivity contribution in [2.24, 2.45) is 5.73 Å². The Balaban J connectivity index is 4.02. The van der Waals surface area contributed by atoms with Gasteiger partial charge in [-0.15, -0.1) is 0 Å². The van der Waals surface area contributed by atoms with Crippen LogP contribution in [-0.2, 0) is 4.79 Å². The number of allylic oxidation sites excluding steroid dienone is 3. The second kappa shape index (κ2) is 4.55. The Kier molecular flexibility index (Phi) is 4.03. The maximum Gasteiger partial charge on any atom is 0.236 e. The monoisotopic (exact) mass is 154 g/mol. The zero-order valence-electron chi connectivity index (χ0n) is 7.00. The van der Waals surface area contributed by atoms with Crippen molar-refractivity contribution < 1.29 is 4.79 Å². The molecule has 11 heavy (non-hydrogen) atoms. The van der Waals surface area contributed by atoms with Crippen LogP contribution < -0.4 is 5.73 Å². The van der Waals surface area contributed by atoms with Gasteiger partial charge in [0.2, 0.25) is 5.91 Å². The Morgan fingerprint density at radius 1 is 1.73 bits per heavy atom. The Labute approximate surface area is 67.2 Å². The van der Waals surface area contributed by atoms with Crippen LogP contribution in [0.3, 0.4) is 0 Å². The Morgan fingerprint density at radius 3 is 2.64 bits per heavy atom. The van der Waals surface area contributed by atoms with Gasteiger partial charge in [0.1, 0.15) is 0 Å². The molecule has 0 aliphatic carbocycles. The molecule has 3 heteroatoms. The van der Waals surface area contributed by atoms with E-state index in [9.17, 15) is 4.79 Å². The lowest BCUT2D eigenvalue weighted by Gasteiger charge is -2.16. The van der Waals surface area contributed by atoms with Crippen molar-refractivity contribution in [2.45, 2.75) is 6.92 Å². The fourth-order valence-corrected chi connectivity index (χ4v) is 0.656. The van der Waals surface area contributed by atoms with Crippen molar-refractivity contribution >= 4 is 5.91 Å². The molecule has 0 unspecified atom stereocenters. The maximum atomic E-state index is 10.4. The number of carbonyl (C=O) groups excluding carboxylic acids is 1. The maximum absolute atomic E-state index is 10.4. The van der Waals surface area contributed by atoms with Crippen LogP contribution in [0.25, 0.3) is 0 Å². The molecule has 0 atom stereocenters. The molecule has 0 radical (unpaired) electrons. The summed E-state index contributed by atoms with van der Waals surface area (Å²) in [7, 11) is 1.81. The lowest BCUT2D eigenvalue weighted by molar-refractivity contribution is -0.118. The van der Waals surface area contributed by atoms with E-state index in [-0.39, 0.29) is 12.5 Å². The topological polar surface area (TPSA) is 46.3 Å². The van der Waals surface area contributed by atoms with E-state index in [0.29, 0.717) is 0 Å². The first kappa shape index (κ1) is 9.75. The molecule has 0 saturated carbocycles. The molecule has 0 heterocycles. The average molecular weight is 154 g/mol. The lowest BCUT2D eigenvalue weighted by Crippen LogP contribution is -2.29. The van der Waals surface area contributed by atoms with E-state index in [4.69, 9.17) is 5.73 Å². The molecule has 0 bridgehead atoms. The van der Waals surface area contributed by atoms with Gasteiger partial charge in [-0.2, -0.15) is 0 Å². The van der Waals surface area contributed by atoms with E-state index < -0.39 is 0 Å². The highest BCUT2D eigenvalue weighted by molar-refractivity contribution is 5.76. The summed E-state index contributed by atoms with van der Waals surface area (Å²) in [6.45, 7) is 5.68. The fraction of sp³-hybridized carbons (Fsp3) is 0.375. The van der Waals surface area contributed by atoms with Crippen LogP contribution in [0.15, 0.2) is 24.4 Å². The fourth-order valence-electron chi connectivity index (χ4n) is 0.656. The van der Waals surface area contributed by atoms with E-state index in [1.165, 1.54) is 0 Å². The first-order valence-corrected chi connectivity index (χ1v) is 3.36. The molecule has 0 spiro atoms. The van der Waals surface area contributed by atoms with Gasteiger partial charge in [-0.05, 0) is 13.0 Å². The number of nitrogens with zero attached hydrogens (tertiary/aromatic N) is 1. The van der Waals surface area contributed by atoms with Gasteiger partial charge < -0.3 is 10.6 Å². The van der Waals surface area contributed by atoms with Crippen LogP contribution in [0, 0.1) is 0 Å². The van der Waals surface area contributed by atoms with Gasteiger partial charge in [-0.3, -0.25) is 4.79 Å². The van der Waals surface area contributed by atoms with Crippen molar-refractivity contribution in [3.8, 4) is 0 Å². The molecule has 0 aromatic carbocycles. The van der Waals surface area contributed by atoms with E-state index in [1.807, 2.05) is 13.0 Å². The van der Waals surface area contributed by atoms with Crippen LogP contribution in [-0.4, -0.2) is 24.4 Å². The molecule has 0 fully saturated rings. The number of nitrogens with two attached hydrogens (primary N) is 1. The smallest absolute Gasteiger partial charge is 0.236 e. The van der Waals surface area contributed by atoms with Crippen LogP contribution in [0.1, 0.15) is 6.92 Å². The van der Waals surface area contributed by atoms with Gasteiger partial charge in [0.05, 0.1) is 6.54 Å². The minimum absolute atomic E-state index is 0.246. The Morgan fingerprint density at radius 2 is 2.27 bits per heavy atom. The molecular formula is C8H14N2O. The second-order valence-corrected chi connectivity index (χ2v) is 2.37. The van der Waals surface area contributed by atoms with E-state index in [1.54, 1.807) is 18.0 Å². The zero-order chi connectivity index (χ0) is 8.85. The molecule has 1 amide bonds. The van der Waals surface area contributed by atoms with Crippen molar-refractivity contribution in [2.75, 3.05) is 13.6 Å². The van der Waals surface area contributed by atoms with Crippen molar-refractivity contribution in [1.82, 2.24) is 4.90 Å². The standard InChI is InChI=1S/C8H14N2O/c1-4-5-7(2)10(3)6-8(9)11/h4-5H,1,6H2,2-3H3,(H2,9,11)/b7-5-. The summed E-state index contributed by atoms with van der Waals surface area (Å²) in [5.74, 6) is -0.329. The number of primary amides is 1. The first-order chi connectivity index (χ1) is 5.07. The molecule has 0 saturated heterocycles. The Hall–Kier alpha value is -1.25. The molecule has 0 aliphatic rings. The summed E-state index contributed by atoms with van der Waals surface area (Å²) >= 11 is 0. The number of amides is 1. The predicted octanol–water partition coefficient (Wildman–Crippen LogP) is 0.493. The highest BCUT2D eigenvalue weighted by atomic mass is 16.1. The minimum Gasteiger partial charge on any atom is -0.369 e. The normalized spacial score (nSPS) is 10.9. The van der Waals surface area contributed by atoms with Crippen LogP contribution in [0.5, 0.6) is 0 Å². The molecule has 0 rings (SSSR count). The molecule has 0 aromatic heterocycles. The number of hydrogen-bond acceptors (Lipinski definition) is 2. The number of rotatable bonds is 4. The summed E-state index contributed by atoms with van der Waals surface area (Å²) in [6, 6.07) is 0. The van der Waals surface area contributed by atoms with E-state index in [0.717, 1.165) is 5.70 Å². The summed E-state index contributed by atoms with van der Waals surface area (Å²) in [5.41, 5.74) is 5.96. The van der Waals surface area contributed by atoms with Gasteiger partial charge in [0.15, 0.2) is 0 Å². The molecule has 62 valence electrons. The summed E-state index contributed by atoms with van der Waals surface area (Å²) in [5, 5.41) is 0. The summed E-state index contributed by atoms with van der Waals surface area (Å²) < 4.78 is 0. The van der Waals surface area contributed by atoms with Gasteiger partial charge >= 0.3 is 0 Å². The lowest BCUT2D eigenvalue weighted by atomic mass is 10.4. The van der Waals surface area contributed by atoms with Crippen LogP contribution in [0.4, 0.5) is 0 Å². The number of likely N-dealkylation sites (N-methyl/N-ethyl adjacent to an activating group) is 1. The highest BCUT2D eigenvalue weighted by Gasteiger charge is 2.00. The average Bonchev–Trinajstić information content (AvgIpc) is 1.86. The van der Waals surface area contributed by atoms with Crippen LogP contribution >= 0.6 is 0 Å². The van der Waals surface area contributed by atoms with Crippen molar-refractivity contribution in [3.05, 3.63) is 24.4 Å². The number of carbonyl (C=O) groups is 1. The van der Waals surface area contributed by atoms with Gasteiger partial charge in [-0.25, -0.2) is 0 Å². The van der Waals surface area contributed by atoms with Gasteiger partial charge in [0.25, 0.3) is 0 Å². The number of hydrogen-bond donors (Lipinski definition) is 1. The van der Waals surface area contributed by atoms with Crippen LogP contribution in [0.2, 0.25) is 0 Å². The summed E-state index contributed by atoms with van der Waals surface area (Å²) in [4.78, 5) is 12.2. The minimum atomic E-state index is -0.329. The zero-order valence-corrected chi connectivity index (χ0v) is 7.00. The van der Waals surface area contributed by atoms with E-state index in [2.05, 4.69) is 6.58 Å². The molecule has 0 aliphatic heterocycles. The largest absolute Gasteiger partial charge is 0.369 e. The highest BCUT2D eigenvalue weighted by Crippen LogP contribution is 1.97. The molecular weight excluding hydrogens is 140 g/mol. The van der Waals surface area contributed by atoms with E-state index >= 15 is 0 Å². The SMILES string of the molecule is C=C/C=C(/C)N(C)CC(N)=O. The third-order valence-electron chi connectivity index (χ3n) is 1.35. The molecule has 0 aromatic rings. The summed E-state index contributed by atoms with van der Waals surface area (Å²) in [6.07, 6.45) is 3.50. The third-order valence-corrected chi connectivity index (χ3v) is 1.35. The predicted molar refractivity (Wildman–Crippen MR) is 45.8 cm³/mol. The Bertz CT molecular complexity index is 185. The molecule has 2 N–H and O–H groups in total. The quantitative estimate of drug-likeness (QED) is 0.599. The van der Waals surface area contributed by atoms with Gasteiger partial charge in [0, 0.05) is 12.7 Å². The first-order valence-electron chi connectivity index (χ1n) is 3.36. The second-order valence-electron chi connectivity index (χ2n) is 2.37.